The molecule has 1 aliphatic rings. The maximum Gasteiger partial charge on any atom is 0.254 e. The molecule has 1 atom stereocenters. The minimum absolute atomic E-state index is 0.422. The van der Waals surface area contributed by atoms with Crippen molar-refractivity contribution < 1.29 is 0 Å². The van der Waals surface area contributed by atoms with E-state index in [2.05, 4.69) is 56.4 Å². The fourth-order valence-electron chi connectivity index (χ4n) is 2.80. The molecule has 0 bridgehead atoms. The zero-order valence-electron chi connectivity index (χ0n) is 11.3. The number of rotatable bonds is 2. The first kappa shape index (κ1) is 11.4. The fourth-order valence-corrected chi connectivity index (χ4v) is 2.80. The summed E-state index contributed by atoms with van der Waals surface area (Å²) in [6.07, 6.45) is 2.73. The highest BCUT2D eigenvalue weighted by Crippen LogP contribution is 2.37. The standard InChI is InChI=1S/C15H15N5/c1-11-9-14(20-15(18-11)16-10-17-20)19-8-7-13(19)12-5-3-2-4-6-12/h2-6,9-10,13H,7-8H2,1H3/t13-/m0/s1. The third-order valence-electron chi connectivity index (χ3n) is 3.86. The molecule has 4 rings (SSSR count). The van der Waals surface area contributed by atoms with E-state index in [4.69, 9.17) is 0 Å². The lowest BCUT2D eigenvalue weighted by Gasteiger charge is -2.42. The number of anilines is 1. The van der Waals surface area contributed by atoms with E-state index >= 15 is 0 Å². The Morgan fingerprint density at radius 3 is 2.80 bits per heavy atom. The van der Waals surface area contributed by atoms with Crippen LogP contribution in [0.5, 0.6) is 0 Å². The monoisotopic (exact) mass is 265 g/mol. The van der Waals surface area contributed by atoms with Gasteiger partial charge in [-0.2, -0.15) is 14.6 Å². The van der Waals surface area contributed by atoms with Crippen molar-refractivity contribution in [2.24, 2.45) is 0 Å². The molecule has 0 spiro atoms. The summed E-state index contributed by atoms with van der Waals surface area (Å²) < 4.78 is 1.82. The molecule has 1 aliphatic heterocycles. The summed E-state index contributed by atoms with van der Waals surface area (Å²) in [7, 11) is 0. The van der Waals surface area contributed by atoms with Gasteiger partial charge in [-0.1, -0.05) is 30.3 Å². The van der Waals surface area contributed by atoms with Gasteiger partial charge in [-0.25, -0.2) is 4.98 Å². The van der Waals surface area contributed by atoms with Crippen LogP contribution in [0.1, 0.15) is 23.7 Å². The SMILES string of the molecule is Cc1cc(N2CC[C@H]2c2ccccc2)n2ncnc2n1. The van der Waals surface area contributed by atoms with E-state index in [1.807, 2.05) is 11.4 Å². The van der Waals surface area contributed by atoms with Gasteiger partial charge >= 0.3 is 0 Å². The van der Waals surface area contributed by atoms with E-state index < -0.39 is 0 Å². The molecule has 1 saturated heterocycles. The summed E-state index contributed by atoms with van der Waals surface area (Å²) in [6, 6.07) is 13.1. The van der Waals surface area contributed by atoms with Crippen molar-refractivity contribution in [3.8, 4) is 0 Å². The largest absolute Gasteiger partial charge is 0.349 e. The smallest absolute Gasteiger partial charge is 0.254 e. The van der Waals surface area contributed by atoms with Crippen molar-refractivity contribution in [1.82, 2.24) is 19.6 Å². The lowest BCUT2D eigenvalue weighted by molar-refractivity contribution is 0.456. The van der Waals surface area contributed by atoms with E-state index in [-0.39, 0.29) is 0 Å². The van der Waals surface area contributed by atoms with E-state index in [1.165, 1.54) is 12.0 Å². The fraction of sp³-hybridized carbons (Fsp3) is 0.267. The zero-order valence-corrected chi connectivity index (χ0v) is 11.3. The molecule has 2 aromatic heterocycles. The Morgan fingerprint density at radius 2 is 2.05 bits per heavy atom. The van der Waals surface area contributed by atoms with Gasteiger partial charge in [0.25, 0.3) is 5.78 Å². The first-order valence-electron chi connectivity index (χ1n) is 6.82. The average Bonchev–Trinajstić information content (AvgIpc) is 2.87. The number of benzene rings is 1. The van der Waals surface area contributed by atoms with Crippen LogP contribution in [0.25, 0.3) is 5.78 Å². The molecule has 1 fully saturated rings. The predicted molar refractivity (Wildman–Crippen MR) is 76.7 cm³/mol. The Labute approximate surface area is 116 Å². The van der Waals surface area contributed by atoms with Crippen LogP contribution in [-0.4, -0.2) is 26.1 Å². The highest BCUT2D eigenvalue weighted by Gasteiger charge is 2.31. The van der Waals surface area contributed by atoms with Gasteiger partial charge in [0.05, 0.1) is 6.04 Å². The normalized spacial score (nSPS) is 18.2. The van der Waals surface area contributed by atoms with Gasteiger partial charge in [0.15, 0.2) is 0 Å². The summed E-state index contributed by atoms with van der Waals surface area (Å²) in [4.78, 5) is 11.0. The molecular formula is C15H15N5. The van der Waals surface area contributed by atoms with Gasteiger partial charge < -0.3 is 4.90 Å². The first-order valence-corrected chi connectivity index (χ1v) is 6.82. The second-order valence-electron chi connectivity index (χ2n) is 5.14. The molecule has 5 nitrogen and oxygen atoms in total. The average molecular weight is 265 g/mol. The minimum atomic E-state index is 0.422. The number of hydrogen-bond donors (Lipinski definition) is 0. The highest BCUT2D eigenvalue weighted by molar-refractivity contribution is 5.51. The van der Waals surface area contributed by atoms with Crippen LogP contribution in [0, 0.1) is 6.92 Å². The topological polar surface area (TPSA) is 46.3 Å². The summed E-state index contributed by atoms with van der Waals surface area (Å²) in [5, 5.41) is 4.29. The molecule has 0 unspecified atom stereocenters. The summed E-state index contributed by atoms with van der Waals surface area (Å²) >= 11 is 0. The van der Waals surface area contributed by atoms with Gasteiger partial charge in [-0.15, -0.1) is 0 Å². The van der Waals surface area contributed by atoms with Gasteiger partial charge in [0.2, 0.25) is 0 Å². The number of fused-ring (bicyclic) bond motifs is 1. The molecule has 0 aliphatic carbocycles. The Hall–Kier alpha value is -2.43. The summed E-state index contributed by atoms with van der Waals surface area (Å²) in [5.41, 5.74) is 2.32. The predicted octanol–water partition coefficient (Wildman–Crippen LogP) is 2.38. The van der Waals surface area contributed by atoms with Crippen LogP contribution >= 0.6 is 0 Å². The number of aromatic nitrogens is 4. The maximum absolute atomic E-state index is 4.40. The Kier molecular flexibility index (Phi) is 2.45. The Morgan fingerprint density at radius 1 is 1.20 bits per heavy atom. The molecule has 1 aromatic carbocycles. The second kappa shape index (κ2) is 4.30. The van der Waals surface area contributed by atoms with E-state index in [0.29, 0.717) is 11.8 Å². The molecule has 5 heteroatoms. The van der Waals surface area contributed by atoms with Crippen molar-refractivity contribution in [3.05, 3.63) is 54.0 Å². The highest BCUT2D eigenvalue weighted by atomic mass is 15.4. The van der Waals surface area contributed by atoms with Gasteiger partial charge in [-0.3, -0.25) is 0 Å². The third kappa shape index (κ3) is 1.66. The molecule has 0 saturated carbocycles. The van der Waals surface area contributed by atoms with Crippen LogP contribution < -0.4 is 4.90 Å². The number of aryl methyl sites for hydroxylation is 1. The molecular weight excluding hydrogens is 250 g/mol. The van der Waals surface area contributed by atoms with Crippen LogP contribution in [-0.2, 0) is 0 Å². The van der Waals surface area contributed by atoms with Gasteiger partial charge in [0.1, 0.15) is 12.1 Å². The summed E-state index contributed by atoms with van der Waals surface area (Å²) in [6.45, 7) is 3.04. The van der Waals surface area contributed by atoms with Crippen molar-refractivity contribution in [1.29, 1.82) is 0 Å². The molecule has 0 radical (unpaired) electrons. The molecule has 0 amide bonds. The van der Waals surface area contributed by atoms with Gasteiger partial charge in [0, 0.05) is 18.3 Å². The lowest BCUT2D eigenvalue weighted by atomic mass is 9.95. The number of nitrogens with zero attached hydrogens (tertiary/aromatic N) is 5. The van der Waals surface area contributed by atoms with Crippen LogP contribution in [0.15, 0.2) is 42.7 Å². The quantitative estimate of drug-likeness (QED) is 0.713. The van der Waals surface area contributed by atoms with E-state index in [1.54, 1.807) is 6.33 Å². The third-order valence-corrected chi connectivity index (χ3v) is 3.86. The van der Waals surface area contributed by atoms with Crippen molar-refractivity contribution in [2.75, 3.05) is 11.4 Å². The van der Waals surface area contributed by atoms with Crippen LogP contribution in [0.2, 0.25) is 0 Å². The van der Waals surface area contributed by atoms with Crippen molar-refractivity contribution >= 4 is 11.6 Å². The molecule has 3 heterocycles. The van der Waals surface area contributed by atoms with Gasteiger partial charge in [-0.05, 0) is 18.9 Å². The van der Waals surface area contributed by atoms with Crippen molar-refractivity contribution in [2.45, 2.75) is 19.4 Å². The molecule has 20 heavy (non-hydrogen) atoms. The zero-order chi connectivity index (χ0) is 13.5. The minimum Gasteiger partial charge on any atom is -0.349 e. The Bertz CT molecular complexity index is 749. The van der Waals surface area contributed by atoms with Crippen molar-refractivity contribution in [3.63, 3.8) is 0 Å². The Balaban J connectivity index is 1.78. The summed E-state index contributed by atoms with van der Waals surface area (Å²) in [5.74, 6) is 1.74. The number of hydrogen-bond acceptors (Lipinski definition) is 4. The van der Waals surface area contributed by atoms with E-state index in [9.17, 15) is 0 Å². The van der Waals surface area contributed by atoms with Crippen LogP contribution in [0.4, 0.5) is 5.82 Å². The lowest BCUT2D eigenvalue weighted by Crippen LogP contribution is -2.42. The maximum atomic E-state index is 4.40. The first-order chi connectivity index (χ1) is 9.83. The molecule has 100 valence electrons. The molecule has 0 N–H and O–H groups in total. The second-order valence-corrected chi connectivity index (χ2v) is 5.14. The van der Waals surface area contributed by atoms with Crippen LogP contribution in [0.3, 0.4) is 0 Å². The van der Waals surface area contributed by atoms with E-state index in [0.717, 1.165) is 18.1 Å². The molecule has 3 aromatic rings.